The first-order valence-corrected chi connectivity index (χ1v) is 6.83. The van der Waals surface area contributed by atoms with Crippen molar-refractivity contribution in [3.8, 4) is 5.75 Å². The third-order valence-electron chi connectivity index (χ3n) is 2.69. The molecule has 110 valence electrons. The maximum Gasteiger partial charge on any atom is 0.341 e. The quantitative estimate of drug-likeness (QED) is 0.866. The van der Waals surface area contributed by atoms with Crippen LogP contribution in [0.4, 0.5) is 5.69 Å². The highest BCUT2D eigenvalue weighted by molar-refractivity contribution is 9.10. The van der Waals surface area contributed by atoms with E-state index in [4.69, 9.17) is 9.84 Å². The second-order valence-electron chi connectivity index (χ2n) is 4.29. The zero-order valence-electron chi connectivity index (χ0n) is 11.2. The summed E-state index contributed by atoms with van der Waals surface area (Å²) in [6.07, 6.45) is 1.77. The van der Waals surface area contributed by atoms with Crippen LogP contribution in [0.2, 0.25) is 0 Å². The number of benzene rings is 1. The lowest BCUT2D eigenvalue weighted by Crippen LogP contribution is -2.17. The van der Waals surface area contributed by atoms with Gasteiger partial charge in [-0.05, 0) is 34.1 Å². The van der Waals surface area contributed by atoms with E-state index in [0.29, 0.717) is 17.1 Å². The predicted molar refractivity (Wildman–Crippen MR) is 80.6 cm³/mol. The molecule has 0 unspecified atom stereocenters. The Morgan fingerprint density at radius 2 is 2.10 bits per heavy atom. The van der Waals surface area contributed by atoms with Gasteiger partial charge in [-0.3, -0.25) is 4.79 Å². The molecule has 0 spiro atoms. The number of hydrogen-bond acceptors (Lipinski definition) is 3. The van der Waals surface area contributed by atoms with Gasteiger partial charge in [0, 0.05) is 17.7 Å². The molecule has 0 fully saturated rings. The molecule has 2 aromatic rings. The van der Waals surface area contributed by atoms with Gasteiger partial charge in [-0.25, -0.2) is 4.79 Å². The van der Waals surface area contributed by atoms with Gasteiger partial charge in [0.25, 0.3) is 5.91 Å². The summed E-state index contributed by atoms with van der Waals surface area (Å²) in [4.78, 5) is 22.8. The van der Waals surface area contributed by atoms with Gasteiger partial charge >= 0.3 is 5.97 Å². The Morgan fingerprint density at radius 3 is 2.71 bits per heavy atom. The molecular weight excluding hydrogens is 340 g/mol. The van der Waals surface area contributed by atoms with Crippen molar-refractivity contribution in [3.05, 3.63) is 46.7 Å². The van der Waals surface area contributed by atoms with E-state index in [2.05, 4.69) is 21.2 Å². The van der Waals surface area contributed by atoms with Crippen molar-refractivity contribution in [2.24, 2.45) is 7.05 Å². The van der Waals surface area contributed by atoms with Gasteiger partial charge in [-0.1, -0.05) is 12.1 Å². The van der Waals surface area contributed by atoms with Crippen LogP contribution < -0.4 is 10.1 Å². The van der Waals surface area contributed by atoms with Crippen molar-refractivity contribution in [2.45, 2.75) is 0 Å². The maximum atomic E-state index is 12.2. The number of aromatic nitrogens is 1. The monoisotopic (exact) mass is 352 g/mol. The number of ether oxygens (including phenoxy) is 1. The zero-order chi connectivity index (χ0) is 15.4. The highest BCUT2D eigenvalue weighted by Crippen LogP contribution is 2.24. The van der Waals surface area contributed by atoms with E-state index in [9.17, 15) is 9.59 Å². The highest BCUT2D eigenvalue weighted by atomic mass is 79.9. The van der Waals surface area contributed by atoms with Crippen LogP contribution in [0.15, 0.2) is 41.0 Å². The van der Waals surface area contributed by atoms with E-state index < -0.39 is 12.6 Å². The Labute approximate surface area is 129 Å². The van der Waals surface area contributed by atoms with Crippen LogP contribution in [0.5, 0.6) is 5.75 Å². The van der Waals surface area contributed by atoms with Crippen molar-refractivity contribution in [3.63, 3.8) is 0 Å². The minimum absolute atomic E-state index is 0.307. The highest BCUT2D eigenvalue weighted by Gasteiger charge is 2.14. The molecule has 0 radical (unpaired) electrons. The van der Waals surface area contributed by atoms with E-state index in [1.807, 2.05) is 0 Å². The summed E-state index contributed by atoms with van der Waals surface area (Å²) in [6.45, 7) is -0.470. The smallest absolute Gasteiger partial charge is 0.341 e. The summed E-state index contributed by atoms with van der Waals surface area (Å²) >= 11 is 3.30. The molecule has 21 heavy (non-hydrogen) atoms. The van der Waals surface area contributed by atoms with E-state index in [1.165, 1.54) is 0 Å². The SMILES string of the molecule is Cn1cc(Br)cc1C(=O)Nc1ccccc1OCC(=O)O. The lowest BCUT2D eigenvalue weighted by Gasteiger charge is -2.11. The second kappa shape index (κ2) is 6.45. The average molecular weight is 353 g/mol. The Balaban J connectivity index is 2.17. The Bertz CT molecular complexity index is 681. The Hall–Kier alpha value is -2.28. The number of nitrogens with one attached hydrogen (secondary N) is 1. The molecule has 1 aromatic carbocycles. The van der Waals surface area contributed by atoms with Crippen LogP contribution in [0, 0.1) is 0 Å². The number of aryl methyl sites for hydroxylation is 1. The van der Waals surface area contributed by atoms with E-state index in [1.54, 1.807) is 48.1 Å². The largest absolute Gasteiger partial charge is 0.480 e. The van der Waals surface area contributed by atoms with Gasteiger partial charge in [-0.15, -0.1) is 0 Å². The molecule has 0 atom stereocenters. The van der Waals surface area contributed by atoms with Crippen LogP contribution in [-0.4, -0.2) is 28.2 Å². The zero-order valence-corrected chi connectivity index (χ0v) is 12.8. The lowest BCUT2D eigenvalue weighted by atomic mass is 10.2. The summed E-state index contributed by atoms with van der Waals surface area (Å²) in [5, 5.41) is 11.4. The van der Waals surface area contributed by atoms with Crippen molar-refractivity contribution in [1.29, 1.82) is 0 Å². The molecule has 0 saturated carbocycles. The van der Waals surface area contributed by atoms with Gasteiger partial charge in [-0.2, -0.15) is 0 Å². The van der Waals surface area contributed by atoms with Crippen molar-refractivity contribution >= 4 is 33.5 Å². The third-order valence-corrected chi connectivity index (χ3v) is 3.12. The molecule has 6 nitrogen and oxygen atoms in total. The Morgan fingerprint density at radius 1 is 1.38 bits per heavy atom. The average Bonchev–Trinajstić information content (AvgIpc) is 2.76. The number of carbonyl (C=O) groups is 2. The summed E-state index contributed by atoms with van der Waals surface area (Å²) in [6, 6.07) is 8.36. The number of anilines is 1. The van der Waals surface area contributed by atoms with Crippen molar-refractivity contribution < 1.29 is 19.4 Å². The molecule has 7 heteroatoms. The topological polar surface area (TPSA) is 80.6 Å². The molecule has 0 aliphatic heterocycles. The van der Waals surface area contributed by atoms with Gasteiger partial charge in [0.2, 0.25) is 0 Å². The van der Waals surface area contributed by atoms with Gasteiger partial charge in [0.05, 0.1) is 5.69 Å². The first-order chi connectivity index (χ1) is 9.97. The fraction of sp³-hybridized carbons (Fsp3) is 0.143. The van der Waals surface area contributed by atoms with Crippen molar-refractivity contribution in [1.82, 2.24) is 4.57 Å². The van der Waals surface area contributed by atoms with Gasteiger partial charge < -0.3 is 19.7 Å². The van der Waals surface area contributed by atoms with Crippen LogP contribution in [0.3, 0.4) is 0 Å². The van der Waals surface area contributed by atoms with Crippen molar-refractivity contribution in [2.75, 3.05) is 11.9 Å². The van der Waals surface area contributed by atoms with Crippen LogP contribution in [0.1, 0.15) is 10.5 Å². The second-order valence-corrected chi connectivity index (χ2v) is 5.20. The number of rotatable bonds is 5. The standard InChI is InChI=1S/C14H13BrN2O4/c1-17-7-9(15)6-11(17)14(20)16-10-4-2-3-5-12(10)21-8-13(18)19/h2-7H,8H2,1H3,(H,16,20)(H,18,19). The molecule has 1 amide bonds. The number of hydrogen-bond donors (Lipinski definition) is 2. The number of carboxylic acid groups (broad SMARTS) is 1. The van der Waals surface area contributed by atoms with Crippen LogP contribution in [-0.2, 0) is 11.8 Å². The number of carbonyl (C=O) groups excluding carboxylic acids is 1. The summed E-state index contributed by atoms with van der Waals surface area (Å²) < 4.78 is 7.62. The van der Waals surface area contributed by atoms with E-state index >= 15 is 0 Å². The number of halogens is 1. The molecule has 2 rings (SSSR count). The predicted octanol–water partition coefficient (Wildman–Crippen LogP) is 2.50. The number of para-hydroxylation sites is 2. The third kappa shape index (κ3) is 3.85. The fourth-order valence-electron chi connectivity index (χ4n) is 1.77. The molecule has 2 N–H and O–H groups in total. The first kappa shape index (κ1) is 15.1. The summed E-state index contributed by atoms with van der Waals surface area (Å²) in [5.74, 6) is -1.08. The molecule has 1 heterocycles. The summed E-state index contributed by atoms with van der Waals surface area (Å²) in [7, 11) is 1.76. The van der Waals surface area contributed by atoms with E-state index in [-0.39, 0.29) is 5.91 Å². The molecule has 0 aliphatic carbocycles. The molecule has 0 bridgehead atoms. The fourth-order valence-corrected chi connectivity index (χ4v) is 2.30. The normalized spacial score (nSPS) is 10.2. The van der Waals surface area contributed by atoms with Crippen LogP contribution >= 0.6 is 15.9 Å². The Kier molecular flexibility index (Phi) is 4.64. The maximum absolute atomic E-state index is 12.2. The summed E-state index contributed by atoms with van der Waals surface area (Å²) in [5.41, 5.74) is 0.885. The minimum Gasteiger partial charge on any atom is -0.480 e. The van der Waals surface area contributed by atoms with Crippen LogP contribution in [0.25, 0.3) is 0 Å². The number of carboxylic acids is 1. The molecule has 0 saturated heterocycles. The number of amides is 1. The number of nitrogens with zero attached hydrogens (tertiary/aromatic N) is 1. The van der Waals surface area contributed by atoms with Gasteiger partial charge in [0.1, 0.15) is 11.4 Å². The lowest BCUT2D eigenvalue weighted by molar-refractivity contribution is -0.139. The van der Waals surface area contributed by atoms with E-state index in [0.717, 1.165) is 4.47 Å². The molecular formula is C14H13BrN2O4. The van der Waals surface area contributed by atoms with Gasteiger partial charge in [0.15, 0.2) is 6.61 Å². The minimum atomic E-state index is -1.08. The first-order valence-electron chi connectivity index (χ1n) is 6.04. The molecule has 0 aliphatic rings. The molecule has 1 aromatic heterocycles. The number of aliphatic carboxylic acids is 1.